The van der Waals surface area contributed by atoms with Crippen LogP contribution in [0.1, 0.15) is 35.3 Å². The second-order valence-electron chi connectivity index (χ2n) is 8.26. The van der Waals surface area contributed by atoms with Crippen LogP contribution < -0.4 is 11.1 Å². The van der Waals surface area contributed by atoms with Crippen molar-refractivity contribution in [1.29, 1.82) is 0 Å². The predicted octanol–water partition coefficient (Wildman–Crippen LogP) is 2.94. The molecule has 7 nitrogen and oxygen atoms in total. The third-order valence-electron chi connectivity index (χ3n) is 5.44. The first-order valence-electron chi connectivity index (χ1n) is 9.98. The standard InChI is InChI=1S/C24H22FN3O4/c1-24(2)17(13-4-6-14(7-5-13)23(31)28(3)12-20(26)29)11-19(32-24)21-16-9-8-15(25)10-18(16)27-22(21)30/h4-11H,12H2,1-3H3,(H2,26,29)(H,27,30)/b21-19+. The van der Waals surface area contributed by atoms with Gasteiger partial charge in [0.25, 0.3) is 11.8 Å². The number of nitrogens with one attached hydrogen (secondary N) is 1. The highest BCUT2D eigenvalue weighted by molar-refractivity contribution is 6.32. The number of rotatable bonds is 4. The van der Waals surface area contributed by atoms with Gasteiger partial charge in [-0.1, -0.05) is 12.1 Å². The zero-order valence-corrected chi connectivity index (χ0v) is 17.9. The van der Waals surface area contributed by atoms with Gasteiger partial charge in [0.15, 0.2) is 0 Å². The maximum absolute atomic E-state index is 13.5. The quantitative estimate of drug-likeness (QED) is 0.721. The Kier molecular flexibility index (Phi) is 5.08. The molecule has 2 heterocycles. The summed E-state index contributed by atoms with van der Waals surface area (Å²) < 4.78 is 19.7. The highest BCUT2D eigenvalue weighted by Crippen LogP contribution is 2.44. The van der Waals surface area contributed by atoms with E-state index in [0.717, 1.165) is 11.1 Å². The van der Waals surface area contributed by atoms with E-state index in [1.165, 1.54) is 24.1 Å². The number of primary amides is 1. The van der Waals surface area contributed by atoms with Crippen LogP contribution in [0.3, 0.4) is 0 Å². The first kappa shape index (κ1) is 21.3. The Morgan fingerprint density at radius 3 is 2.50 bits per heavy atom. The van der Waals surface area contributed by atoms with E-state index in [1.807, 2.05) is 13.8 Å². The van der Waals surface area contributed by atoms with Crippen LogP contribution in [0, 0.1) is 5.82 Å². The lowest BCUT2D eigenvalue weighted by molar-refractivity contribution is -0.118. The average molecular weight is 435 g/mol. The molecule has 3 amide bonds. The zero-order chi connectivity index (χ0) is 23.2. The van der Waals surface area contributed by atoms with E-state index in [0.29, 0.717) is 28.1 Å². The van der Waals surface area contributed by atoms with Crippen LogP contribution in [0.15, 0.2) is 54.3 Å². The SMILES string of the molecule is CN(CC(N)=O)C(=O)c1ccc(C2=C/C(=C3\C(=O)Nc4cc(F)ccc43)OC2(C)C)cc1. The molecule has 3 N–H and O–H groups in total. The number of amides is 3. The molecule has 0 atom stereocenters. The van der Waals surface area contributed by atoms with Crippen LogP contribution in [0.25, 0.3) is 11.1 Å². The highest BCUT2D eigenvalue weighted by atomic mass is 19.1. The fourth-order valence-electron chi connectivity index (χ4n) is 3.93. The van der Waals surface area contributed by atoms with Crippen LogP contribution in [-0.2, 0) is 14.3 Å². The molecule has 0 saturated carbocycles. The molecule has 0 aliphatic carbocycles. The second kappa shape index (κ2) is 7.64. The number of carbonyl (C=O) groups is 3. The van der Waals surface area contributed by atoms with Gasteiger partial charge in [-0.3, -0.25) is 14.4 Å². The summed E-state index contributed by atoms with van der Waals surface area (Å²) in [6.07, 6.45) is 1.80. The third-order valence-corrected chi connectivity index (χ3v) is 5.44. The van der Waals surface area contributed by atoms with Crippen molar-refractivity contribution in [3.8, 4) is 0 Å². The van der Waals surface area contributed by atoms with Crippen molar-refractivity contribution >= 4 is 34.6 Å². The predicted molar refractivity (Wildman–Crippen MR) is 118 cm³/mol. The largest absolute Gasteiger partial charge is 0.482 e. The molecular weight excluding hydrogens is 413 g/mol. The summed E-state index contributed by atoms with van der Waals surface area (Å²) in [5, 5.41) is 2.67. The van der Waals surface area contributed by atoms with E-state index in [2.05, 4.69) is 5.32 Å². The van der Waals surface area contributed by atoms with E-state index < -0.39 is 17.3 Å². The van der Waals surface area contributed by atoms with Crippen molar-refractivity contribution in [3.05, 3.63) is 76.8 Å². The lowest BCUT2D eigenvalue weighted by Crippen LogP contribution is -2.35. The van der Waals surface area contributed by atoms with Crippen LogP contribution in [0.4, 0.5) is 10.1 Å². The number of halogens is 1. The van der Waals surface area contributed by atoms with Gasteiger partial charge < -0.3 is 20.7 Å². The van der Waals surface area contributed by atoms with E-state index >= 15 is 0 Å². The van der Waals surface area contributed by atoms with Gasteiger partial charge in [0.2, 0.25) is 5.91 Å². The molecule has 4 rings (SSSR count). The van der Waals surface area contributed by atoms with Crippen molar-refractivity contribution in [2.45, 2.75) is 19.4 Å². The van der Waals surface area contributed by atoms with Crippen LogP contribution in [0.5, 0.6) is 0 Å². The highest BCUT2D eigenvalue weighted by Gasteiger charge is 2.38. The topological polar surface area (TPSA) is 102 Å². The number of nitrogens with two attached hydrogens (primary N) is 1. The maximum Gasteiger partial charge on any atom is 0.260 e. The Bertz CT molecular complexity index is 1210. The summed E-state index contributed by atoms with van der Waals surface area (Å²) in [4.78, 5) is 37.3. The Morgan fingerprint density at radius 1 is 1.16 bits per heavy atom. The second-order valence-corrected chi connectivity index (χ2v) is 8.26. The van der Waals surface area contributed by atoms with Crippen LogP contribution in [-0.4, -0.2) is 41.8 Å². The number of hydrogen-bond donors (Lipinski definition) is 2. The molecule has 164 valence electrons. The molecule has 2 aliphatic heterocycles. The normalized spacial score (nSPS) is 18.5. The Balaban J connectivity index is 1.68. The van der Waals surface area contributed by atoms with Crippen molar-refractivity contribution < 1.29 is 23.5 Å². The van der Waals surface area contributed by atoms with Gasteiger partial charge in [0.05, 0.1) is 17.8 Å². The molecular formula is C24H22FN3O4. The van der Waals surface area contributed by atoms with Crippen molar-refractivity contribution in [2.75, 3.05) is 18.9 Å². The fraction of sp³-hybridized carbons (Fsp3) is 0.208. The number of carbonyl (C=O) groups excluding carboxylic acids is 3. The number of allylic oxidation sites excluding steroid dienone is 1. The van der Waals surface area contributed by atoms with Gasteiger partial charge in [-0.25, -0.2) is 4.39 Å². The van der Waals surface area contributed by atoms with Crippen LogP contribution >= 0.6 is 0 Å². The Hall–Kier alpha value is -3.94. The molecule has 0 radical (unpaired) electrons. The first-order valence-corrected chi connectivity index (χ1v) is 9.98. The van der Waals surface area contributed by atoms with E-state index in [1.54, 1.807) is 36.4 Å². The number of likely N-dealkylation sites (N-methyl/N-ethyl adjacent to an activating group) is 1. The molecule has 0 bridgehead atoms. The van der Waals surface area contributed by atoms with Gasteiger partial charge in [-0.2, -0.15) is 0 Å². The molecule has 32 heavy (non-hydrogen) atoms. The molecule has 0 aromatic heterocycles. The fourth-order valence-corrected chi connectivity index (χ4v) is 3.93. The van der Waals surface area contributed by atoms with Crippen molar-refractivity contribution in [2.24, 2.45) is 5.73 Å². The minimum atomic E-state index is -0.736. The lowest BCUT2D eigenvalue weighted by atomic mass is 9.91. The summed E-state index contributed by atoms with van der Waals surface area (Å²) >= 11 is 0. The third kappa shape index (κ3) is 3.75. The minimum absolute atomic E-state index is 0.170. The Morgan fingerprint density at radius 2 is 1.84 bits per heavy atom. The van der Waals surface area contributed by atoms with E-state index in [-0.39, 0.29) is 18.4 Å². The van der Waals surface area contributed by atoms with Crippen molar-refractivity contribution in [1.82, 2.24) is 4.90 Å². The molecule has 0 saturated heterocycles. The Labute approximate surface area is 184 Å². The lowest BCUT2D eigenvalue weighted by Gasteiger charge is -2.23. The molecule has 0 spiro atoms. The van der Waals surface area contributed by atoms with Crippen molar-refractivity contribution in [3.63, 3.8) is 0 Å². The molecule has 8 heteroatoms. The number of nitrogens with zero attached hydrogens (tertiary/aromatic N) is 1. The molecule has 0 fully saturated rings. The van der Waals surface area contributed by atoms with Gasteiger partial charge in [0, 0.05) is 23.7 Å². The van der Waals surface area contributed by atoms with Crippen LogP contribution in [0.2, 0.25) is 0 Å². The zero-order valence-electron chi connectivity index (χ0n) is 17.9. The van der Waals surface area contributed by atoms with Gasteiger partial charge in [-0.15, -0.1) is 0 Å². The summed E-state index contributed by atoms with van der Waals surface area (Å²) in [6, 6.07) is 11.0. The molecule has 2 aromatic rings. The summed E-state index contributed by atoms with van der Waals surface area (Å²) in [5.74, 6) is -1.30. The number of benzene rings is 2. The smallest absolute Gasteiger partial charge is 0.260 e. The number of fused-ring (bicyclic) bond motifs is 1. The monoisotopic (exact) mass is 435 g/mol. The molecule has 2 aliphatic rings. The number of ether oxygens (including phenoxy) is 1. The van der Waals surface area contributed by atoms with Gasteiger partial charge in [-0.05, 0) is 55.8 Å². The van der Waals surface area contributed by atoms with E-state index in [4.69, 9.17) is 10.5 Å². The first-order chi connectivity index (χ1) is 15.1. The summed E-state index contributed by atoms with van der Waals surface area (Å²) in [7, 11) is 1.51. The number of hydrogen-bond acceptors (Lipinski definition) is 4. The average Bonchev–Trinajstić information content (AvgIpc) is 3.21. The number of anilines is 1. The molecule has 0 unspecified atom stereocenters. The summed E-state index contributed by atoms with van der Waals surface area (Å²) in [5.41, 5.74) is 7.81. The van der Waals surface area contributed by atoms with Gasteiger partial charge in [0.1, 0.15) is 17.2 Å². The molecule has 2 aromatic carbocycles. The van der Waals surface area contributed by atoms with Gasteiger partial charge >= 0.3 is 0 Å². The van der Waals surface area contributed by atoms with E-state index in [9.17, 15) is 18.8 Å². The summed E-state index contributed by atoms with van der Waals surface area (Å²) in [6.45, 7) is 3.59. The maximum atomic E-state index is 13.5. The minimum Gasteiger partial charge on any atom is -0.482 e.